The number of nitrogens with one attached hydrogen (secondary N) is 3. The predicted molar refractivity (Wildman–Crippen MR) is 152 cm³/mol. The minimum atomic E-state index is -5.08. The van der Waals surface area contributed by atoms with E-state index in [4.69, 9.17) is 21.5 Å². The molecule has 1 aliphatic rings. The Bertz CT molecular complexity index is 1800. The van der Waals surface area contributed by atoms with E-state index in [1.54, 1.807) is 12.1 Å². The maximum absolute atomic E-state index is 13.1. The Morgan fingerprint density at radius 3 is 2.33 bits per heavy atom. The Hall–Kier alpha value is -4.89. The van der Waals surface area contributed by atoms with Gasteiger partial charge in [0.25, 0.3) is 10.0 Å². The van der Waals surface area contributed by atoms with Crippen LogP contribution in [0.5, 0.6) is 0 Å². The SMILES string of the molecule is O=C(O)C(F)(F)F.O=C(O)c1cccc(S(=O)(=O)Nc2ccc3cc2CCc2cccc(c2)Nc2ncc(Cl)c(n2)N3)c1. The van der Waals surface area contributed by atoms with Gasteiger partial charge in [0.05, 0.1) is 22.3 Å². The lowest BCUT2D eigenvalue weighted by molar-refractivity contribution is -0.192. The highest BCUT2D eigenvalue weighted by atomic mass is 35.5. The Labute approximate surface area is 247 Å². The van der Waals surface area contributed by atoms with E-state index in [2.05, 4.69) is 25.3 Å². The van der Waals surface area contributed by atoms with Gasteiger partial charge in [0.2, 0.25) is 5.95 Å². The second kappa shape index (κ2) is 12.5. The Balaban J connectivity index is 0.000000541. The quantitative estimate of drug-likeness (QED) is 0.183. The molecule has 1 aromatic heterocycles. The lowest BCUT2D eigenvalue weighted by Gasteiger charge is -2.16. The molecule has 43 heavy (non-hydrogen) atoms. The molecule has 0 saturated carbocycles. The number of alkyl halides is 3. The lowest BCUT2D eigenvalue weighted by Crippen LogP contribution is -2.21. The monoisotopic (exact) mass is 635 g/mol. The van der Waals surface area contributed by atoms with Crippen molar-refractivity contribution < 1.29 is 41.4 Å². The molecule has 6 bridgehead atoms. The fourth-order valence-corrected chi connectivity index (χ4v) is 5.13. The van der Waals surface area contributed by atoms with Gasteiger partial charge in [-0.1, -0.05) is 29.8 Å². The fraction of sp³-hybridized carbons (Fsp3) is 0.111. The first-order valence-corrected chi connectivity index (χ1v) is 14.0. The summed E-state index contributed by atoms with van der Waals surface area (Å²) < 4.78 is 60.6. The normalized spacial score (nSPS) is 12.5. The summed E-state index contributed by atoms with van der Waals surface area (Å²) in [6.45, 7) is 0. The van der Waals surface area contributed by atoms with Gasteiger partial charge >= 0.3 is 18.1 Å². The molecule has 0 fully saturated rings. The van der Waals surface area contributed by atoms with Crippen LogP contribution in [0, 0.1) is 0 Å². The van der Waals surface area contributed by atoms with Crippen molar-refractivity contribution in [1.82, 2.24) is 9.97 Å². The number of hydrogen-bond acceptors (Lipinski definition) is 8. The van der Waals surface area contributed by atoms with Gasteiger partial charge in [-0.15, -0.1) is 0 Å². The van der Waals surface area contributed by atoms with Gasteiger partial charge in [-0.05, 0) is 72.5 Å². The topological polar surface area (TPSA) is 171 Å². The molecule has 4 aromatic rings. The van der Waals surface area contributed by atoms with E-state index in [-0.39, 0.29) is 10.5 Å². The van der Waals surface area contributed by atoms with Crippen LogP contribution in [-0.4, -0.2) is 46.7 Å². The van der Waals surface area contributed by atoms with Crippen LogP contribution < -0.4 is 15.4 Å². The van der Waals surface area contributed by atoms with Gasteiger partial charge in [-0.25, -0.2) is 23.0 Å². The molecular weight excluding hydrogens is 615 g/mol. The van der Waals surface area contributed by atoms with Crippen molar-refractivity contribution in [2.45, 2.75) is 23.9 Å². The summed E-state index contributed by atoms with van der Waals surface area (Å²) >= 11 is 6.31. The number of nitrogens with zero attached hydrogens (tertiary/aromatic N) is 2. The van der Waals surface area contributed by atoms with Crippen LogP contribution in [0.15, 0.2) is 77.8 Å². The second-order valence-corrected chi connectivity index (χ2v) is 11.0. The number of hydrogen-bond donors (Lipinski definition) is 5. The first-order chi connectivity index (χ1) is 20.2. The highest BCUT2D eigenvalue weighted by Crippen LogP contribution is 2.30. The molecule has 0 spiro atoms. The average Bonchev–Trinajstić information content (AvgIpc) is 2.95. The smallest absolute Gasteiger partial charge is 0.478 e. The molecule has 224 valence electrons. The van der Waals surface area contributed by atoms with E-state index >= 15 is 0 Å². The third-order valence-corrected chi connectivity index (χ3v) is 7.50. The van der Waals surface area contributed by atoms with Crippen LogP contribution >= 0.6 is 11.6 Å². The Morgan fingerprint density at radius 2 is 1.63 bits per heavy atom. The van der Waals surface area contributed by atoms with E-state index < -0.39 is 28.1 Å². The Morgan fingerprint density at radius 1 is 0.930 bits per heavy atom. The fourth-order valence-electron chi connectivity index (χ4n) is 3.84. The summed E-state index contributed by atoms with van der Waals surface area (Å²) in [5.74, 6) is -3.18. The summed E-state index contributed by atoms with van der Waals surface area (Å²) in [5.41, 5.74) is 3.53. The molecule has 0 atom stereocenters. The third kappa shape index (κ3) is 8.11. The van der Waals surface area contributed by atoms with Gasteiger partial charge in [0.15, 0.2) is 5.82 Å². The number of aromatic nitrogens is 2. The largest absolute Gasteiger partial charge is 0.490 e. The number of carboxylic acids is 2. The Kier molecular flexibility index (Phi) is 9.06. The molecule has 16 heteroatoms. The molecule has 0 aliphatic carbocycles. The van der Waals surface area contributed by atoms with E-state index in [0.717, 1.165) is 22.9 Å². The molecule has 0 unspecified atom stereocenters. The van der Waals surface area contributed by atoms with Crippen molar-refractivity contribution in [2.75, 3.05) is 15.4 Å². The number of aliphatic carboxylic acids is 1. The number of carboxylic acid groups (broad SMARTS) is 2. The minimum Gasteiger partial charge on any atom is -0.478 e. The highest BCUT2D eigenvalue weighted by Gasteiger charge is 2.38. The molecule has 0 amide bonds. The predicted octanol–water partition coefficient (Wildman–Crippen LogP) is 5.85. The molecule has 0 radical (unpaired) electrons. The first kappa shape index (κ1) is 31.1. The molecule has 5 rings (SSSR count). The molecule has 2 heterocycles. The molecule has 5 N–H and O–H groups in total. The van der Waals surface area contributed by atoms with Gasteiger partial charge in [0.1, 0.15) is 5.02 Å². The molecule has 1 aliphatic heterocycles. The zero-order valence-corrected chi connectivity index (χ0v) is 23.3. The second-order valence-electron chi connectivity index (χ2n) is 8.95. The number of halogens is 4. The van der Waals surface area contributed by atoms with Gasteiger partial charge in [-0.2, -0.15) is 18.2 Å². The lowest BCUT2D eigenvalue weighted by atomic mass is 10.0. The molecule has 11 nitrogen and oxygen atoms in total. The zero-order valence-electron chi connectivity index (χ0n) is 21.7. The minimum absolute atomic E-state index is 0.113. The van der Waals surface area contributed by atoms with Crippen LogP contribution in [0.2, 0.25) is 5.02 Å². The van der Waals surface area contributed by atoms with Crippen LogP contribution in [0.1, 0.15) is 21.5 Å². The summed E-state index contributed by atoms with van der Waals surface area (Å²) in [6, 6.07) is 18.2. The molecular formula is C27H21ClF3N5O6S. The van der Waals surface area contributed by atoms with Crippen LogP contribution in [0.4, 0.5) is 42.0 Å². The number of fused-ring (bicyclic) bond motifs is 6. The maximum Gasteiger partial charge on any atom is 0.490 e. The van der Waals surface area contributed by atoms with Crippen molar-refractivity contribution in [2.24, 2.45) is 0 Å². The van der Waals surface area contributed by atoms with Crippen molar-refractivity contribution in [3.63, 3.8) is 0 Å². The highest BCUT2D eigenvalue weighted by molar-refractivity contribution is 7.92. The van der Waals surface area contributed by atoms with E-state index in [0.29, 0.717) is 41.0 Å². The van der Waals surface area contributed by atoms with E-state index in [1.807, 2.05) is 30.3 Å². The summed E-state index contributed by atoms with van der Waals surface area (Å²) in [6.07, 6.45) is -2.41. The van der Waals surface area contributed by atoms with Crippen molar-refractivity contribution in [3.8, 4) is 0 Å². The van der Waals surface area contributed by atoms with Gasteiger partial charge in [-0.3, -0.25) is 4.72 Å². The van der Waals surface area contributed by atoms with Crippen LogP contribution in [0.3, 0.4) is 0 Å². The number of carbonyl (C=O) groups is 2. The van der Waals surface area contributed by atoms with Crippen LogP contribution in [0.25, 0.3) is 0 Å². The maximum atomic E-state index is 13.1. The van der Waals surface area contributed by atoms with Crippen molar-refractivity contribution in [3.05, 3.63) is 94.6 Å². The van der Waals surface area contributed by atoms with E-state index in [9.17, 15) is 31.5 Å². The number of aryl methyl sites for hydroxylation is 2. The number of sulfonamides is 1. The number of anilines is 5. The standard InChI is InChI=1S/C25H20ClN5O4S.C2HF3O2/c26-21-14-27-25-29-18-5-1-3-15(11-18)7-8-16-12-19(28-23(21)30-25)9-10-22(16)31-36(34,35)20-6-2-4-17(13-20)24(32)33;3-2(4,5)1(6)7/h1-6,9-14,31H,7-8H2,(H,32,33)(H2,27,28,29,30);(H,6,7). The summed E-state index contributed by atoms with van der Waals surface area (Å²) in [7, 11) is -4.04. The third-order valence-electron chi connectivity index (χ3n) is 5.86. The first-order valence-electron chi connectivity index (χ1n) is 12.2. The van der Waals surface area contributed by atoms with E-state index in [1.165, 1.54) is 24.4 Å². The summed E-state index contributed by atoms with van der Waals surface area (Å²) in [4.78, 5) is 28.8. The summed E-state index contributed by atoms with van der Waals surface area (Å²) in [5, 5.41) is 23.0. The van der Waals surface area contributed by atoms with Gasteiger partial charge < -0.3 is 20.8 Å². The molecule has 0 saturated heterocycles. The number of aromatic carboxylic acids is 1. The van der Waals surface area contributed by atoms with Gasteiger partial charge in [0, 0.05) is 11.4 Å². The number of benzene rings is 3. The van der Waals surface area contributed by atoms with Crippen LogP contribution in [-0.2, 0) is 27.7 Å². The molecule has 3 aromatic carbocycles. The van der Waals surface area contributed by atoms with Crippen molar-refractivity contribution >= 4 is 62.4 Å². The number of rotatable bonds is 4. The zero-order chi connectivity index (χ0) is 31.4. The van der Waals surface area contributed by atoms with Crippen molar-refractivity contribution in [1.29, 1.82) is 0 Å². The average molecular weight is 636 g/mol.